The van der Waals surface area contributed by atoms with Gasteiger partial charge in [0.2, 0.25) is 0 Å². The molecule has 0 aliphatic carbocycles. The molecule has 0 fully saturated rings. The SMILES string of the molecule is COc1cccc(C(=O)NCC(c2ccsc2)c2ccco2)c1. The second kappa shape index (κ2) is 7.15. The van der Waals surface area contributed by atoms with E-state index in [-0.39, 0.29) is 11.8 Å². The second-order valence-corrected chi connectivity index (χ2v) is 5.85. The van der Waals surface area contributed by atoms with Gasteiger partial charge in [-0.15, -0.1) is 0 Å². The number of carbonyl (C=O) groups excluding carboxylic acids is 1. The molecule has 0 bridgehead atoms. The molecule has 4 nitrogen and oxygen atoms in total. The van der Waals surface area contributed by atoms with E-state index < -0.39 is 0 Å². The number of furan rings is 1. The maximum absolute atomic E-state index is 12.4. The molecule has 1 amide bonds. The number of benzene rings is 1. The Kier molecular flexibility index (Phi) is 4.78. The van der Waals surface area contributed by atoms with E-state index in [1.165, 1.54) is 0 Å². The highest BCUT2D eigenvalue weighted by molar-refractivity contribution is 7.08. The topological polar surface area (TPSA) is 51.5 Å². The molecule has 0 spiro atoms. The molecule has 3 rings (SSSR count). The Morgan fingerprint density at radius 3 is 2.91 bits per heavy atom. The van der Waals surface area contributed by atoms with Gasteiger partial charge in [0, 0.05) is 12.1 Å². The Bertz CT molecular complexity index is 716. The molecule has 0 saturated carbocycles. The monoisotopic (exact) mass is 327 g/mol. The van der Waals surface area contributed by atoms with Crippen LogP contribution in [0.5, 0.6) is 5.75 Å². The first kappa shape index (κ1) is 15.4. The first-order valence-electron chi connectivity index (χ1n) is 7.25. The number of amides is 1. The number of nitrogens with one attached hydrogen (secondary N) is 1. The van der Waals surface area contributed by atoms with Crippen LogP contribution in [0.1, 0.15) is 27.6 Å². The van der Waals surface area contributed by atoms with Crippen molar-refractivity contribution in [1.82, 2.24) is 5.32 Å². The van der Waals surface area contributed by atoms with Crippen LogP contribution in [0.3, 0.4) is 0 Å². The van der Waals surface area contributed by atoms with E-state index in [1.807, 2.05) is 23.6 Å². The summed E-state index contributed by atoms with van der Waals surface area (Å²) in [6.45, 7) is 0.473. The Hall–Kier alpha value is -2.53. The molecule has 118 valence electrons. The van der Waals surface area contributed by atoms with Gasteiger partial charge in [0.25, 0.3) is 5.91 Å². The largest absolute Gasteiger partial charge is 0.497 e. The van der Waals surface area contributed by atoms with Gasteiger partial charge in [-0.3, -0.25) is 4.79 Å². The maximum atomic E-state index is 12.4. The number of methoxy groups -OCH3 is 1. The molecule has 1 N–H and O–H groups in total. The minimum Gasteiger partial charge on any atom is -0.497 e. The van der Waals surface area contributed by atoms with Gasteiger partial charge in [-0.2, -0.15) is 11.3 Å². The van der Waals surface area contributed by atoms with Crippen molar-refractivity contribution in [2.75, 3.05) is 13.7 Å². The van der Waals surface area contributed by atoms with Crippen LogP contribution in [0.25, 0.3) is 0 Å². The van der Waals surface area contributed by atoms with Crippen LogP contribution in [0.15, 0.2) is 63.9 Å². The number of hydrogen-bond acceptors (Lipinski definition) is 4. The van der Waals surface area contributed by atoms with Crippen molar-refractivity contribution >= 4 is 17.2 Å². The van der Waals surface area contributed by atoms with Crippen LogP contribution in [0.2, 0.25) is 0 Å². The van der Waals surface area contributed by atoms with Gasteiger partial charge in [-0.1, -0.05) is 6.07 Å². The van der Waals surface area contributed by atoms with Crippen molar-refractivity contribution in [3.05, 3.63) is 76.4 Å². The normalized spacial score (nSPS) is 11.9. The molecule has 0 radical (unpaired) electrons. The van der Waals surface area contributed by atoms with Crippen molar-refractivity contribution in [2.24, 2.45) is 0 Å². The maximum Gasteiger partial charge on any atom is 0.251 e. The van der Waals surface area contributed by atoms with E-state index in [1.54, 1.807) is 42.9 Å². The third-order valence-electron chi connectivity index (χ3n) is 3.63. The number of rotatable bonds is 6. The zero-order valence-electron chi connectivity index (χ0n) is 12.7. The van der Waals surface area contributed by atoms with Crippen LogP contribution >= 0.6 is 11.3 Å². The van der Waals surface area contributed by atoms with E-state index in [4.69, 9.17) is 9.15 Å². The summed E-state index contributed by atoms with van der Waals surface area (Å²) in [7, 11) is 1.58. The molecule has 2 aromatic heterocycles. The Balaban J connectivity index is 1.73. The molecular weight excluding hydrogens is 310 g/mol. The Morgan fingerprint density at radius 2 is 2.22 bits per heavy atom. The standard InChI is InChI=1S/C18H17NO3S/c1-21-15-5-2-4-13(10-15)18(20)19-11-16(14-7-9-23-12-14)17-6-3-8-22-17/h2-10,12,16H,11H2,1H3,(H,19,20). The molecule has 0 saturated heterocycles. The van der Waals surface area contributed by atoms with E-state index in [2.05, 4.69) is 16.8 Å². The van der Waals surface area contributed by atoms with E-state index >= 15 is 0 Å². The highest BCUT2D eigenvalue weighted by Gasteiger charge is 2.19. The summed E-state index contributed by atoms with van der Waals surface area (Å²) in [5.74, 6) is 1.38. The van der Waals surface area contributed by atoms with Crippen LogP contribution < -0.4 is 10.1 Å². The van der Waals surface area contributed by atoms with Gasteiger partial charge < -0.3 is 14.5 Å². The van der Waals surface area contributed by atoms with Crippen LogP contribution in [-0.4, -0.2) is 19.6 Å². The van der Waals surface area contributed by atoms with E-state index in [0.29, 0.717) is 17.9 Å². The van der Waals surface area contributed by atoms with Crippen molar-refractivity contribution in [2.45, 2.75) is 5.92 Å². The summed E-state index contributed by atoms with van der Waals surface area (Å²) in [4.78, 5) is 12.4. The van der Waals surface area contributed by atoms with Crippen LogP contribution in [-0.2, 0) is 0 Å². The van der Waals surface area contributed by atoms with Gasteiger partial charge >= 0.3 is 0 Å². The number of ether oxygens (including phenoxy) is 1. The zero-order valence-corrected chi connectivity index (χ0v) is 13.5. The van der Waals surface area contributed by atoms with Gasteiger partial charge in [-0.05, 0) is 52.7 Å². The first-order valence-corrected chi connectivity index (χ1v) is 8.20. The highest BCUT2D eigenvalue weighted by atomic mass is 32.1. The molecular formula is C18H17NO3S. The summed E-state index contributed by atoms with van der Waals surface area (Å²) in [6, 6.07) is 12.9. The first-order chi connectivity index (χ1) is 11.3. The molecule has 0 aliphatic rings. The Morgan fingerprint density at radius 1 is 1.30 bits per heavy atom. The fourth-order valence-electron chi connectivity index (χ4n) is 2.41. The number of carbonyl (C=O) groups is 1. The fourth-order valence-corrected chi connectivity index (χ4v) is 3.12. The quantitative estimate of drug-likeness (QED) is 0.747. The molecule has 1 aromatic carbocycles. The number of thiophene rings is 1. The van der Waals surface area contributed by atoms with E-state index in [9.17, 15) is 4.79 Å². The zero-order chi connectivity index (χ0) is 16.1. The smallest absolute Gasteiger partial charge is 0.251 e. The van der Waals surface area contributed by atoms with Crippen molar-refractivity contribution in [1.29, 1.82) is 0 Å². The lowest BCUT2D eigenvalue weighted by Gasteiger charge is -2.15. The number of hydrogen-bond donors (Lipinski definition) is 1. The summed E-state index contributed by atoms with van der Waals surface area (Å²) < 4.78 is 10.7. The minimum atomic E-state index is -0.129. The second-order valence-electron chi connectivity index (χ2n) is 5.07. The van der Waals surface area contributed by atoms with Crippen molar-refractivity contribution in [3.8, 4) is 5.75 Å². The van der Waals surface area contributed by atoms with Crippen LogP contribution in [0.4, 0.5) is 0 Å². The third-order valence-corrected chi connectivity index (χ3v) is 4.33. The summed E-state index contributed by atoms with van der Waals surface area (Å²) in [6.07, 6.45) is 1.65. The lowest BCUT2D eigenvalue weighted by Crippen LogP contribution is -2.28. The van der Waals surface area contributed by atoms with Gasteiger partial charge in [0.1, 0.15) is 11.5 Å². The lowest BCUT2D eigenvalue weighted by atomic mass is 9.99. The molecule has 3 aromatic rings. The average Bonchev–Trinajstić information content (AvgIpc) is 3.29. The summed E-state index contributed by atoms with van der Waals surface area (Å²) in [5, 5.41) is 7.07. The lowest BCUT2D eigenvalue weighted by molar-refractivity contribution is 0.0951. The summed E-state index contributed by atoms with van der Waals surface area (Å²) in [5.41, 5.74) is 1.71. The van der Waals surface area contributed by atoms with Gasteiger partial charge in [-0.25, -0.2) is 0 Å². The van der Waals surface area contributed by atoms with Crippen molar-refractivity contribution < 1.29 is 13.9 Å². The predicted molar refractivity (Wildman–Crippen MR) is 90.2 cm³/mol. The molecule has 1 unspecified atom stereocenters. The van der Waals surface area contributed by atoms with E-state index in [0.717, 1.165) is 11.3 Å². The Labute approximate surface area is 138 Å². The van der Waals surface area contributed by atoms with Gasteiger partial charge in [0.15, 0.2) is 0 Å². The molecule has 23 heavy (non-hydrogen) atoms. The minimum absolute atomic E-state index is 0.00538. The summed E-state index contributed by atoms with van der Waals surface area (Å²) >= 11 is 1.63. The van der Waals surface area contributed by atoms with Gasteiger partial charge in [0.05, 0.1) is 19.3 Å². The average molecular weight is 327 g/mol. The molecule has 0 aliphatic heterocycles. The molecule has 1 atom stereocenters. The third kappa shape index (κ3) is 3.63. The molecule has 5 heteroatoms. The van der Waals surface area contributed by atoms with Crippen molar-refractivity contribution in [3.63, 3.8) is 0 Å². The predicted octanol–water partition coefficient (Wildman–Crippen LogP) is 3.91. The highest BCUT2D eigenvalue weighted by Crippen LogP contribution is 2.26. The fraction of sp³-hybridized carbons (Fsp3) is 0.167. The molecule has 2 heterocycles. The van der Waals surface area contributed by atoms with Crippen LogP contribution in [0, 0.1) is 0 Å².